The van der Waals surface area contributed by atoms with Gasteiger partial charge in [-0.3, -0.25) is 0 Å². The maximum Gasteiger partial charge on any atom is 0.410 e. The van der Waals surface area contributed by atoms with Gasteiger partial charge in [-0.25, -0.2) is 9.78 Å². The highest BCUT2D eigenvalue weighted by Gasteiger charge is 2.40. The summed E-state index contributed by atoms with van der Waals surface area (Å²) in [5.41, 5.74) is 5.01. The molecule has 3 aliphatic rings. The van der Waals surface area contributed by atoms with Crippen LogP contribution in [-0.4, -0.2) is 53.3 Å². The van der Waals surface area contributed by atoms with Crippen molar-refractivity contribution < 1.29 is 14.3 Å². The standard InChI is InChI=1S/C26H33N5O3/c1-15-8-22(27-5)30-24(28-15)29-20-11-16-6-7-33-23(16)21(12-20)17-9-18-13-31(14-19(18)10-17)25(32)34-26(2,3)4/h8-9,11-12,18-19H,6-7,10,13-14H2,1-5H3,(H2,27,28,29,30)/t18-,19+/m0/s1. The van der Waals surface area contributed by atoms with Gasteiger partial charge in [0.1, 0.15) is 17.2 Å². The van der Waals surface area contributed by atoms with E-state index in [0.717, 1.165) is 47.9 Å². The van der Waals surface area contributed by atoms with E-state index in [1.807, 2.05) is 45.7 Å². The van der Waals surface area contributed by atoms with E-state index in [4.69, 9.17) is 9.47 Å². The monoisotopic (exact) mass is 463 g/mol. The molecule has 1 aromatic heterocycles. The molecule has 180 valence electrons. The lowest BCUT2D eigenvalue weighted by atomic mass is 9.96. The van der Waals surface area contributed by atoms with Crippen LogP contribution in [0.5, 0.6) is 5.75 Å². The van der Waals surface area contributed by atoms with Gasteiger partial charge in [-0.05, 0) is 63.7 Å². The number of rotatable bonds is 4. The van der Waals surface area contributed by atoms with Crippen molar-refractivity contribution in [2.24, 2.45) is 11.8 Å². The number of hydrogen-bond donors (Lipinski definition) is 2. The summed E-state index contributed by atoms with van der Waals surface area (Å²) < 4.78 is 11.6. The molecule has 2 aliphatic heterocycles. The van der Waals surface area contributed by atoms with E-state index < -0.39 is 5.60 Å². The van der Waals surface area contributed by atoms with Gasteiger partial charge < -0.3 is 25.0 Å². The maximum atomic E-state index is 12.5. The Morgan fingerprint density at radius 3 is 2.76 bits per heavy atom. The van der Waals surface area contributed by atoms with Crippen LogP contribution in [0.2, 0.25) is 0 Å². The highest BCUT2D eigenvalue weighted by Crippen LogP contribution is 2.46. The summed E-state index contributed by atoms with van der Waals surface area (Å²) in [7, 11) is 1.85. The Morgan fingerprint density at radius 1 is 1.21 bits per heavy atom. The molecule has 34 heavy (non-hydrogen) atoms. The predicted molar refractivity (Wildman–Crippen MR) is 133 cm³/mol. The number of anilines is 3. The van der Waals surface area contributed by atoms with Gasteiger partial charge in [0.05, 0.1) is 6.61 Å². The molecule has 0 spiro atoms. The molecular weight excluding hydrogens is 430 g/mol. The van der Waals surface area contributed by atoms with Crippen LogP contribution < -0.4 is 15.4 Å². The summed E-state index contributed by atoms with van der Waals surface area (Å²) in [6, 6.07) is 6.19. The molecule has 3 heterocycles. The largest absolute Gasteiger partial charge is 0.492 e. The van der Waals surface area contributed by atoms with Crippen molar-refractivity contribution >= 4 is 29.1 Å². The second-order valence-corrected chi connectivity index (χ2v) is 10.4. The van der Waals surface area contributed by atoms with Crippen molar-refractivity contribution in [3.8, 4) is 5.75 Å². The van der Waals surface area contributed by atoms with E-state index in [2.05, 4.69) is 38.8 Å². The zero-order valence-corrected chi connectivity index (χ0v) is 20.6. The first kappa shape index (κ1) is 22.5. The Labute approximate surface area is 200 Å². The number of aromatic nitrogens is 2. The lowest BCUT2D eigenvalue weighted by Gasteiger charge is -2.24. The first-order valence-electron chi connectivity index (χ1n) is 12.0. The molecule has 1 amide bonds. The minimum atomic E-state index is -0.476. The third-order valence-electron chi connectivity index (χ3n) is 6.54. The zero-order valence-electron chi connectivity index (χ0n) is 20.6. The van der Waals surface area contributed by atoms with Crippen molar-refractivity contribution in [3.05, 3.63) is 41.1 Å². The summed E-state index contributed by atoms with van der Waals surface area (Å²) in [5.74, 6) is 3.09. The Balaban J connectivity index is 1.38. The number of carbonyl (C=O) groups excluding carboxylic acids is 1. The first-order chi connectivity index (χ1) is 16.2. The minimum absolute atomic E-state index is 0.216. The summed E-state index contributed by atoms with van der Waals surface area (Å²) in [5, 5.41) is 6.47. The second-order valence-electron chi connectivity index (χ2n) is 10.4. The van der Waals surface area contributed by atoms with Crippen LogP contribution in [0.3, 0.4) is 0 Å². The van der Waals surface area contributed by atoms with E-state index in [1.165, 1.54) is 11.1 Å². The van der Waals surface area contributed by atoms with Gasteiger partial charge in [0.25, 0.3) is 0 Å². The SMILES string of the molecule is CNc1cc(C)nc(Nc2cc3c(c(C4=C[C@H]5CN(C(=O)OC(C)(C)C)C[C@H]5C4)c2)OCC3)n1. The van der Waals surface area contributed by atoms with Crippen LogP contribution in [0.15, 0.2) is 24.3 Å². The normalized spacial score (nSPS) is 21.0. The van der Waals surface area contributed by atoms with E-state index in [-0.39, 0.29) is 6.09 Å². The lowest BCUT2D eigenvalue weighted by molar-refractivity contribution is 0.0285. The first-order valence-corrected chi connectivity index (χ1v) is 12.0. The van der Waals surface area contributed by atoms with Gasteiger partial charge in [0.2, 0.25) is 5.95 Å². The van der Waals surface area contributed by atoms with E-state index in [0.29, 0.717) is 30.9 Å². The highest BCUT2D eigenvalue weighted by atomic mass is 16.6. The minimum Gasteiger partial charge on any atom is -0.492 e. The van der Waals surface area contributed by atoms with Gasteiger partial charge in [-0.1, -0.05) is 6.08 Å². The van der Waals surface area contributed by atoms with Gasteiger partial charge >= 0.3 is 6.09 Å². The van der Waals surface area contributed by atoms with Gasteiger partial charge in [-0.15, -0.1) is 0 Å². The van der Waals surface area contributed by atoms with E-state index in [1.54, 1.807) is 0 Å². The van der Waals surface area contributed by atoms with Crippen molar-refractivity contribution in [1.29, 1.82) is 0 Å². The molecule has 8 heteroatoms. The molecule has 1 saturated heterocycles. The summed E-state index contributed by atoms with van der Waals surface area (Å²) in [4.78, 5) is 23.4. The van der Waals surface area contributed by atoms with Crippen molar-refractivity contribution in [2.45, 2.75) is 46.1 Å². The molecule has 0 unspecified atom stereocenters. The number of likely N-dealkylation sites (tertiary alicyclic amines) is 1. The quantitative estimate of drug-likeness (QED) is 0.675. The molecule has 1 aromatic carbocycles. The van der Waals surface area contributed by atoms with E-state index in [9.17, 15) is 4.79 Å². The van der Waals surface area contributed by atoms with Crippen LogP contribution >= 0.6 is 0 Å². The topological polar surface area (TPSA) is 88.6 Å². The van der Waals surface area contributed by atoms with Gasteiger partial charge in [0, 0.05) is 55.1 Å². The fourth-order valence-corrected chi connectivity index (χ4v) is 5.09. The average molecular weight is 464 g/mol. The van der Waals surface area contributed by atoms with Crippen LogP contribution in [0.1, 0.15) is 44.0 Å². The average Bonchev–Trinajstić information content (AvgIpc) is 3.46. The fraction of sp³-hybridized carbons (Fsp3) is 0.500. The molecule has 2 aromatic rings. The Morgan fingerprint density at radius 2 is 2.03 bits per heavy atom. The number of fused-ring (bicyclic) bond motifs is 2. The predicted octanol–water partition coefficient (Wildman–Crippen LogP) is 4.78. The molecule has 0 radical (unpaired) electrons. The number of ether oxygens (including phenoxy) is 2. The van der Waals surface area contributed by atoms with Crippen LogP contribution in [-0.2, 0) is 11.2 Å². The fourth-order valence-electron chi connectivity index (χ4n) is 5.09. The Bertz CT molecular complexity index is 1150. The van der Waals surface area contributed by atoms with Crippen molar-refractivity contribution in [3.63, 3.8) is 0 Å². The number of allylic oxidation sites excluding steroid dienone is 1. The smallest absolute Gasteiger partial charge is 0.410 e. The van der Waals surface area contributed by atoms with Gasteiger partial charge in [0.15, 0.2) is 0 Å². The third-order valence-corrected chi connectivity index (χ3v) is 6.54. The van der Waals surface area contributed by atoms with E-state index >= 15 is 0 Å². The van der Waals surface area contributed by atoms with Crippen molar-refractivity contribution in [1.82, 2.24) is 14.9 Å². The Hall–Kier alpha value is -3.29. The maximum absolute atomic E-state index is 12.5. The molecule has 2 atom stereocenters. The lowest BCUT2D eigenvalue weighted by Crippen LogP contribution is -2.35. The summed E-state index contributed by atoms with van der Waals surface area (Å²) in [6.07, 6.45) is 3.93. The molecular formula is C26H33N5O3. The molecule has 2 N–H and O–H groups in total. The number of aryl methyl sites for hydroxylation is 1. The number of carbonyl (C=O) groups is 1. The number of hydrogen-bond acceptors (Lipinski definition) is 7. The molecule has 5 rings (SSSR count). The molecule has 8 nitrogen and oxygen atoms in total. The molecule has 0 saturated carbocycles. The number of benzene rings is 1. The zero-order chi connectivity index (χ0) is 24.0. The summed E-state index contributed by atoms with van der Waals surface area (Å²) >= 11 is 0. The summed E-state index contributed by atoms with van der Waals surface area (Å²) in [6.45, 7) is 9.80. The highest BCUT2D eigenvalue weighted by molar-refractivity contribution is 5.79. The third kappa shape index (κ3) is 4.54. The van der Waals surface area contributed by atoms with Crippen LogP contribution in [0.4, 0.5) is 22.2 Å². The molecule has 1 fully saturated rings. The number of amides is 1. The van der Waals surface area contributed by atoms with Crippen LogP contribution in [0.25, 0.3) is 5.57 Å². The number of nitrogens with zero attached hydrogens (tertiary/aromatic N) is 3. The Kier molecular flexibility index (Phi) is 5.62. The number of nitrogens with one attached hydrogen (secondary N) is 2. The molecule has 0 bridgehead atoms. The van der Waals surface area contributed by atoms with Gasteiger partial charge in [-0.2, -0.15) is 4.98 Å². The van der Waals surface area contributed by atoms with Crippen LogP contribution in [0, 0.1) is 18.8 Å². The second kappa shape index (κ2) is 8.49. The molecule has 1 aliphatic carbocycles. The van der Waals surface area contributed by atoms with Crippen molar-refractivity contribution in [2.75, 3.05) is 37.4 Å².